The number of nitrogens with zero attached hydrogens (tertiary/aromatic N) is 1. The molecule has 0 aliphatic carbocycles. The minimum atomic E-state index is -0.697. The molecule has 1 aromatic carbocycles. The molecule has 1 amide bonds. The lowest BCUT2D eigenvalue weighted by Crippen LogP contribution is -2.38. The topological polar surface area (TPSA) is 108 Å². The second-order valence-electron chi connectivity index (χ2n) is 3.79. The Morgan fingerprint density at radius 2 is 2.05 bits per heavy atom. The van der Waals surface area contributed by atoms with Crippen LogP contribution in [0.4, 0.5) is 9.18 Å². The van der Waals surface area contributed by atoms with Gasteiger partial charge in [-0.1, -0.05) is 13.0 Å². The molecule has 1 rings (SSSR count). The van der Waals surface area contributed by atoms with Crippen molar-refractivity contribution in [3.05, 3.63) is 35.1 Å². The normalized spacial score (nSPS) is 10.3. The first kappa shape index (κ1) is 19.2. The summed E-state index contributed by atoms with van der Waals surface area (Å²) >= 11 is 0. The van der Waals surface area contributed by atoms with E-state index in [1.165, 1.54) is 12.1 Å². The third-order valence-electron chi connectivity index (χ3n) is 2.39. The Morgan fingerprint density at radius 1 is 1.41 bits per heavy atom. The summed E-state index contributed by atoms with van der Waals surface area (Å²) in [7, 11) is 0. The molecule has 118 valence electrons. The Morgan fingerprint density at radius 3 is 2.50 bits per heavy atom. The summed E-state index contributed by atoms with van der Waals surface area (Å²) in [4.78, 5) is 27.6. The van der Waals surface area contributed by atoms with Crippen molar-refractivity contribution in [2.45, 2.75) is 20.0 Å². The van der Waals surface area contributed by atoms with Crippen molar-refractivity contribution in [3.63, 3.8) is 0 Å². The van der Waals surface area contributed by atoms with E-state index in [0.717, 1.165) is 6.07 Å². The first-order valence-corrected chi connectivity index (χ1v) is 6.39. The average molecular weight is 309 g/mol. The van der Waals surface area contributed by atoms with Crippen LogP contribution < -0.4 is 10.6 Å². The fraction of sp³-hybridized carbons (Fsp3) is 0.357. The number of rotatable bonds is 5. The van der Waals surface area contributed by atoms with Gasteiger partial charge in [-0.05, 0) is 25.6 Å². The minimum Gasteiger partial charge on any atom is -0.450 e. The van der Waals surface area contributed by atoms with Crippen LogP contribution in [-0.2, 0) is 14.3 Å². The van der Waals surface area contributed by atoms with Crippen LogP contribution in [0.25, 0.3) is 0 Å². The number of carbonyl (C=O) groups excluding carboxylic acids is 3. The molecule has 0 heterocycles. The van der Waals surface area contributed by atoms with Crippen molar-refractivity contribution >= 4 is 12.2 Å². The highest BCUT2D eigenvalue weighted by Crippen LogP contribution is 2.16. The number of nitriles is 1. The number of halogens is 1. The largest absolute Gasteiger partial charge is 0.450 e. The molecule has 0 saturated heterocycles. The smallest absolute Gasteiger partial charge is 0.408 e. The van der Waals surface area contributed by atoms with Gasteiger partial charge in [-0.25, -0.2) is 9.18 Å². The zero-order valence-electron chi connectivity index (χ0n) is 12.2. The van der Waals surface area contributed by atoms with Crippen LogP contribution in [0.1, 0.15) is 31.1 Å². The van der Waals surface area contributed by atoms with E-state index in [9.17, 15) is 9.18 Å². The van der Waals surface area contributed by atoms with E-state index in [1.54, 1.807) is 6.92 Å². The van der Waals surface area contributed by atoms with Crippen LogP contribution in [0.2, 0.25) is 0 Å². The van der Waals surface area contributed by atoms with Gasteiger partial charge in [0, 0.05) is 5.56 Å². The molecule has 0 fully saturated rings. The van der Waals surface area contributed by atoms with Gasteiger partial charge in [0.05, 0.1) is 18.2 Å². The zero-order chi connectivity index (χ0) is 17.0. The van der Waals surface area contributed by atoms with E-state index in [2.05, 4.69) is 10.6 Å². The number of hydrogen-bond donors (Lipinski definition) is 2. The molecule has 1 unspecified atom stereocenters. The quantitative estimate of drug-likeness (QED) is 0.797. The molecule has 0 saturated carbocycles. The number of nitrogens with one attached hydrogen (secondary N) is 2. The molecule has 1 atom stereocenters. The summed E-state index contributed by atoms with van der Waals surface area (Å²) in [6, 6.07) is 5.95. The molecular formula is C14H16FN3O4. The predicted molar refractivity (Wildman–Crippen MR) is 72.7 cm³/mol. The number of carbonyl (C=O) groups is 1. The van der Waals surface area contributed by atoms with Gasteiger partial charge in [0.25, 0.3) is 0 Å². The van der Waals surface area contributed by atoms with Gasteiger partial charge in [-0.3, -0.25) is 5.32 Å². The Labute approximate surface area is 127 Å². The summed E-state index contributed by atoms with van der Waals surface area (Å²) in [6.45, 7) is 4.29. The molecule has 22 heavy (non-hydrogen) atoms. The maximum Gasteiger partial charge on any atom is 0.408 e. The van der Waals surface area contributed by atoms with Crippen molar-refractivity contribution in [3.8, 4) is 6.07 Å². The molecule has 0 spiro atoms. The highest BCUT2D eigenvalue weighted by Gasteiger charge is 2.18. The van der Waals surface area contributed by atoms with Gasteiger partial charge in [-0.2, -0.15) is 14.9 Å². The molecule has 1 aromatic rings. The van der Waals surface area contributed by atoms with Gasteiger partial charge >= 0.3 is 12.2 Å². The first-order chi connectivity index (χ1) is 10.5. The second-order valence-corrected chi connectivity index (χ2v) is 3.79. The van der Waals surface area contributed by atoms with Crippen molar-refractivity contribution in [1.82, 2.24) is 10.6 Å². The molecule has 8 heteroatoms. The SMILES string of the molecule is CCNC(NC(=O)OCC)c1ccc(C#N)cc1F.O=C=O. The van der Waals surface area contributed by atoms with Crippen LogP contribution >= 0.6 is 0 Å². The highest BCUT2D eigenvalue weighted by atomic mass is 19.1. The number of hydrogen-bond acceptors (Lipinski definition) is 6. The van der Waals surface area contributed by atoms with Gasteiger partial charge in [0.15, 0.2) is 0 Å². The van der Waals surface area contributed by atoms with E-state index >= 15 is 0 Å². The molecule has 0 aromatic heterocycles. The van der Waals surface area contributed by atoms with Crippen LogP contribution in [0.5, 0.6) is 0 Å². The van der Waals surface area contributed by atoms with Gasteiger partial charge in [-0.15, -0.1) is 0 Å². The Balaban J connectivity index is 0.00000135. The molecule has 2 N–H and O–H groups in total. The summed E-state index contributed by atoms with van der Waals surface area (Å²) in [5.74, 6) is -0.554. The van der Waals surface area contributed by atoms with Gasteiger partial charge in [0.2, 0.25) is 0 Å². The average Bonchev–Trinajstić information content (AvgIpc) is 2.48. The minimum absolute atomic E-state index is 0.229. The fourth-order valence-electron chi connectivity index (χ4n) is 1.56. The second kappa shape index (κ2) is 11.0. The van der Waals surface area contributed by atoms with Crippen LogP contribution in [0.15, 0.2) is 18.2 Å². The standard InChI is InChI=1S/C13H16FN3O2.CO2/c1-3-16-12(17-13(18)19-4-2)10-6-5-9(8-15)7-11(10)14;2-1-3/h5-7,12,16H,3-4H2,1-2H3,(H,17,18);. The Kier molecular flexibility index (Phi) is 9.60. The van der Waals surface area contributed by atoms with E-state index in [0.29, 0.717) is 6.54 Å². The summed E-state index contributed by atoms with van der Waals surface area (Å²) in [5.41, 5.74) is 0.488. The lowest BCUT2D eigenvalue weighted by molar-refractivity contribution is -0.191. The fourth-order valence-corrected chi connectivity index (χ4v) is 1.56. The maximum atomic E-state index is 13.9. The molecule has 7 nitrogen and oxygen atoms in total. The molecule has 0 radical (unpaired) electrons. The Hall–Kier alpha value is -2.75. The predicted octanol–water partition coefficient (Wildman–Crippen LogP) is 1.47. The molecule has 0 bridgehead atoms. The lowest BCUT2D eigenvalue weighted by atomic mass is 10.1. The Bertz CT molecular complexity index is 566. The molecule has 0 aliphatic heterocycles. The maximum absolute atomic E-state index is 13.9. The number of alkyl carbamates (subject to hydrolysis) is 1. The summed E-state index contributed by atoms with van der Waals surface area (Å²) in [6.07, 6.45) is -1.07. The van der Waals surface area contributed by atoms with E-state index in [1.807, 2.05) is 13.0 Å². The lowest BCUT2D eigenvalue weighted by Gasteiger charge is -2.20. The molecule has 0 aliphatic rings. The first-order valence-electron chi connectivity index (χ1n) is 6.39. The summed E-state index contributed by atoms with van der Waals surface area (Å²) in [5, 5.41) is 14.1. The number of amides is 1. The third-order valence-corrected chi connectivity index (χ3v) is 2.39. The number of ether oxygens (including phenoxy) is 1. The van der Waals surface area contributed by atoms with Gasteiger partial charge in [0.1, 0.15) is 12.0 Å². The molecular weight excluding hydrogens is 293 g/mol. The van der Waals surface area contributed by atoms with E-state index in [-0.39, 0.29) is 23.9 Å². The monoisotopic (exact) mass is 309 g/mol. The number of benzene rings is 1. The van der Waals surface area contributed by atoms with Crippen molar-refractivity contribution < 1.29 is 23.5 Å². The van der Waals surface area contributed by atoms with Crippen molar-refractivity contribution in [2.75, 3.05) is 13.2 Å². The van der Waals surface area contributed by atoms with E-state index < -0.39 is 18.1 Å². The zero-order valence-corrected chi connectivity index (χ0v) is 12.2. The summed E-state index contributed by atoms with van der Waals surface area (Å²) < 4.78 is 18.6. The van der Waals surface area contributed by atoms with Gasteiger partial charge < -0.3 is 10.1 Å². The van der Waals surface area contributed by atoms with Crippen molar-refractivity contribution in [1.29, 1.82) is 5.26 Å². The highest BCUT2D eigenvalue weighted by molar-refractivity contribution is 5.67. The van der Waals surface area contributed by atoms with Crippen LogP contribution in [0.3, 0.4) is 0 Å². The van der Waals surface area contributed by atoms with Crippen molar-refractivity contribution in [2.24, 2.45) is 0 Å². The van der Waals surface area contributed by atoms with Crippen LogP contribution in [0, 0.1) is 17.1 Å². The van der Waals surface area contributed by atoms with Crippen LogP contribution in [-0.4, -0.2) is 25.4 Å². The van der Waals surface area contributed by atoms with E-state index in [4.69, 9.17) is 19.6 Å². The third kappa shape index (κ3) is 6.61.